The van der Waals surface area contributed by atoms with E-state index in [2.05, 4.69) is 14.9 Å². The zero-order chi connectivity index (χ0) is 13.2. The third-order valence-corrected chi connectivity index (χ3v) is 5.06. The minimum Gasteiger partial charge on any atom is -0.381 e. The van der Waals surface area contributed by atoms with E-state index in [9.17, 15) is 8.42 Å². The first kappa shape index (κ1) is 13.5. The fraction of sp³-hybridized carbons (Fsp3) is 0.727. The molecule has 2 heterocycles. The summed E-state index contributed by atoms with van der Waals surface area (Å²) in [5.41, 5.74) is 0.557. The lowest BCUT2D eigenvalue weighted by Crippen LogP contribution is -2.40. The lowest BCUT2D eigenvalue weighted by atomic mass is 9.94. The van der Waals surface area contributed by atoms with Crippen LogP contribution >= 0.6 is 0 Å². The van der Waals surface area contributed by atoms with Crippen molar-refractivity contribution in [2.75, 3.05) is 13.2 Å². The topological polar surface area (TPSA) is 84.1 Å². The second-order valence-corrected chi connectivity index (χ2v) is 6.40. The number of nitrogens with one attached hydrogen (secondary N) is 2. The van der Waals surface area contributed by atoms with E-state index in [4.69, 9.17) is 4.74 Å². The summed E-state index contributed by atoms with van der Waals surface area (Å²) in [5.74, 6) is 0.334. The van der Waals surface area contributed by atoms with Crippen molar-refractivity contribution in [1.29, 1.82) is 0 Å². The number of aromatic amines is 1. The van der Waals surface area contributed by atoms with E-state index < -0.39 is 10.0 Å². The summed E-state index contributed by atoms with van der Waals surface area (Å²) in [6, 6.07) is -0.0896. The van der Waals surface area contributed by atoms with Crippen molar-refractivity contribution in [3.8, 4) is 0 Å². The first-order valence-electron chi connectivity index (χ1n) is 6.11. The Labute approximate surface area is 107 Å². The van der Waals surface area contributed by atoms with Crippen LogP contribution in [-0.4, -0.2) is 37.9 Å². The molecule has 2 N–H and O–H groups in total. The number of aryl methyl sites for hydroxylation is 1. The number of hydrogen-bond donors (Lipinski definition) is 2. The van der Waals surface area contributed by atoms with Gasteiger partial charge in [0.15, 0.2) is 0 Å². The Balaban J connectivity index is 2.06. The third kappa shape index (κ3) is 2.90. The summed E-state index contributed by atoms with van der Waals surface area (Å²) >= 11 is 0. The van der Waals surface area contributed by atoms with Crippen molar-refractivity contribution >= 4 is 10.0 Å². The molecular weight excluding hydrogens is 254 g/mol. The van der Waals surface area contributed by atoms with Gasteiger partial charge in [-0.1, -0.05) is 0 Å². The Morgan fingerprint density at radius 3 is 2.72 bits per heavy atom. The molecule has 0 radical (unpaired) electrons. The van der Waals surface area contributed by atoms with Crippen LogP contribution in [0.4, 0.5) is 0 Å². The first-order chi connectivity index (χ1) is 8.50. The maximum absolute atomic E-state index is 12.2. The Kier molecular flexibility index (Phi) is 4.04. The highest BCUT2D eigenvalue weighted by Crippen LogP contribution is 2.20. The van der Waals surface area contributed by atoms with E-state index in [1.807, 2.05) is 6.92 Å². The molecule has 1 atom stereocenters. The van der Waals surface area contributed by atoms with Gasteiger partial charge in [0, 0.05) is 19.3 Å². The number of ether oxygens (including phenoxy) is 1. The molecule has 0 amide bonds. The lowest BCUT2D eigenvalue weighted by Gasteiger charge is -2.28. The molecule has 1 aliphatic heterocycles. The molecule has 1 aliphatic rings. The van der Waals surface area contributed by atoms with Crippen LogP contribution in [0.2, 0.25) is 0 Å². The molecule has 1 saturated heterocycles. The molecule has 0 aliphatic carbocycles. The van der Waals surface area contributed by atoms with Crippen molar-refractivity contribution in [2.45, 2.75) is 37.6 Å². The molecule has 0 aromatic carbocycles. The molecular formula is C11H19N3O3S. The highest BCUT2D eigenvalue weighted by atomic mass is 32.2. The van der Waals surface area contributed by atoms with E-state index in [1.54, 1.807) is 6.92 Å². The third-order valence-electron chi connectivity index (χ3n) is 3.39. The smallest absolute Gasteiger partial charge is 0.244 e. The predicted molar refractivity (Wildman–Crippen MR) is 66.7 cm³/mol. The van der Waals surface area contributed by atoms with Gasteiger partial charge in [-0.05, 0) is 32.6 Å². The summed E-state index contributed by atoms with van der Waals surface area (Å²) in [4.78, 5) is 0.224. The molecule has 1 fully saturated rings. The van der Waals surface area contributed by atoms with Crippen molar-refractivity contribution in [1.82, 2.24) is 14.9 Å². The fourth-order valence-corrected chi connectivity index (χ4v) is 3.68. The Morgan fingerprint density at radius 2 is 2.17 bits per heavy atom. The summed E-state index contributed by atoms with van der Waals surface area (Å²) in [6.45, 7) is 5.02. The van der Waals surface area contributed by atoms with Crippen LogP contribution in [0.3, 0.4) is 0 Å². The number of aromatic nitrogens is 2. The average molecular weight is 273 g/mol. The molecule has 1 unspecified atom stereocenters. The number of rotatable bonds is 4. The van der Waals surface area contributed by atoms with Crippen molar-refractivity contribution < 1.29 is 13.2 Å². The molecule has 18 heavy (non-hydrogen) atoms. The molecule has 0 saturated carbocycles. The van der Waals surface area contributed by atoms with Crippen LogP contribution < -0.4 is 4.72 Å². The summed E-state index contributed by atoms with van der Waals surface area (Å²) in [7, 11) is -3.48. The van der Waals surface area contributed by atoms with Gasteiger partial charge in [-0.2, -0.15) is 5.10 Å². The average Bonchev–Trinajstić information content (AvgIpc) is 2.77. The number of sulfonamides is 1. The zero-order valence-corrected chi connectivity index (χ0v) is 11.5. The van der Waals surface area contributed by atoms with Crippen LogP contribution in [0.25, 0.3) is 0 Å². The summed E-state index contributed by atoms with van der Waals surface area (Å²) in [6.07, 6.45) is 3.14. The van der Waals surface area contributed by atoms with Gasteiger partial charge in [0.1, 0.15) is 4.90 Å². The Bertz CT molecular complexity index is 491. The van der Waals surface area contributed by atoms with Gasteiger partial charge in [0.2, 0.25) is 10.0 Å². The van der Waals surface area contributed by atoms with E-state index >= 15 is 0 Å². The van der Waals surface area contributed by atoms with E-state index in [0.29, 0.717) is 24.8 Å². The molecule has 0 bridgehead atoms. The maximum atomic E-state index is 12.2. The first-order valence-corrected chi connectivity index (χ1v) is 7.59. The minimum atomic E-state index is -3.48. The Morgan fingerprint density at radius 1 is 1.50 bits per heavy atom. The molecule has 1 aromatic heterocycles. The second-order valence-electron chi connectivity index (χ2n) is 4.72. The minimum absolute atomic E-state index is 0.0896. The van der Waals surface area contributed by atoms with E-state index in [0.717, 1.165) is 12.8 Å². The van der Waals surface area contributed by atoms with Crippen LogP contribution in [0.15, 0.2) is 11.1 Å². The van der Waals surface area contributed by atoms with Crippen LogP contribution in [0.5, 0.6) is 0 Å². The standard InChI is InChI=1S/C11H19N3O3S/c1-8(10-3-5-17-6-4-10)14-18(15,16)11-7-12-13-9(11)2/h7-8,10,14H,3-6H2,1-2H3,(H,12,13). The lowest BCUT2D eigenvalue weighted by molar-refractivity contribution is 0.0585. The van der Waals surface area contributed by atoms with Gasteiger partial charge in [-0.15, -0.1) is 0 Å². The molecule has 6 nitrogen and oxygen atoms in total. The van der Waals surface area contributed by atoms with Gasteiger partial charge in [0.25, 0.3) is 0 Å². The molecule has 1 aromatic rings. The van der Waals surface area contributed by atoms with Crippen molar-refractivity contribution in [3.05, 3.63) is 11.9 Å². The Hall–Kier alpha value is -0.920. The summed E-state index contributed by atoms with van der Waals surface area (Å²) in [5, 5.41) is 6.38. The normalized spacial score (nSPS) is 19.9. The van der Waals surface area contributed by atoms with Gasteiger partial charge in [0.05, 0.1) is 11.9 Å². The fourth-order valence-electron chi connectivity index (χ4n) is 2.23. The number of nitrogens with zero attached hydrogens (tertiary/aromatic N) is 1. The van der Waals surface area contributed by atoms with Crippen LogP contribution in [-0.2, 0) is 14.8 Å². The predicted octanol–water partition coefficient (Wildman–Crippen LogP) is 0.812. The quantitative estimate of drug-likeness (QED) is 0.850. The second kappa shape index (κ2) is 5.38. The SMILES string of the molecule is Cc1[nH]ncc1S(=O)(=O)NC(C)C1CCOCC1. The van der Waals surface area contributed by atoms with Crippen molar-refractivity contribution in [3.63, 3.8) is 0 Å². The monoisotopic (exact) mass is 273 g/mol. The number of hydrogen-bond acceptors (Lipinski definition) is 4. The largest absolute Gasteiger partial charge is 0.381 e. The molecule has 0 spiro atoms. The van der Waals surface area contributed by atoms with E-state index in [-0.39, 0.29) is 10.9 Å². The molecule has 2 rings (SSSR count). The van der Waals surface area contributed by atoms with Gasteiger partial charge in [-0.25, -0.2) is 13.1 Å². The molecule has 7 heteroatoms. The number of H-pyrrole nitrogens is 1. The highest BCUT2D eigenvalue weighted by Gasteiger charge is 2.26. The maximum Gasteiger partial charge on any atom is 0.244 e. The zero-order valence-electron chi connectivity index (χ0n) is 10.6. The van der Waals surface area contributed by atoms with Crippen molar-refractivity contribution in [2.24, 2.45) is 5.92 Å². The highest BCUT2D eigenvalue weighted by molar-refractivity contribution is 7.89. The van der Waals surface area contributed by atoms with Gasteiger partial charge < -0.3 is 4.74 Å². The van der Waals surface area contributed by atoms with Crippen LogP contribution in [0.1, 0.15) is 25.5 Å². The van der Waals surface area contributed by atoms with Crippen LogP contribution in [0, 0.1) is 12.8 Å². The molecule has 102 valence electrons. The van der Waals surface area contributed by atoms with Gasteiger partial charge >= 0.3 is 0 Å². The summed E-state index contributed by atoms with van der Waals surface area (Å²) < 4.78 is 32.3. The van der Waals surface area contributed by atoms with E-state index in [1.165, 1.54) is 6.20 Å². The van der Waals surface area contributed by atoms with Gasteiger partial charge in [-0.3, -0.25) is 5.10 Å².